The first-order chi connectivity index (χ1) is 9.91. The number of anilines is 2. The Kier molecular flexibility index (Phi) is 4.32. The third kappa shape index (κ3) is 2.92. The van der Waals surface area contributed by atoms with Gasteiger partial charge in [0.05, 0.1) is 5.41 Å². The topological polar surface area (TPSA) is 110 Å². The summed E-state index contributed by atoms with van der Waals surface area (Å²) in [5.74, 6) is 7.53. The highest BCUT2D eigenvalue weighted by Crippen LogP contribution is 2.34. The zero-order chi connectivity index (χ0) is 15.6. The van der Waals surface area contributed by atoms with E-state index in [1.165, 1.54) is 0 Å². The molecular weight excluding hydrogens is 268 g/mol. The van der Waals surface area contributed by atoms with Gasteiger partial charge in [0.25, 0.3) is 0 Å². The number of carbonyl (C=O) groups excluding carboxylic acids is 1. The van der Waals surface area contributed by atoms with Crippen molar-refractivity contribution < 1.29 is 4.79 Å². The third-order valence-corrected chi connectivity index (χ3v) is 4.14. The lowest BCUT2D eigenvalue weighted by Crippen LogP contribution is -2.37. The summed E-state index contributed by atoms with van der Waals surface area (Å²) < 4.78 is 0. The van der Waals surface area contributed by atoms with Gasteiger partial charge in [-0.2, -0.15) is 0 Å². The van der Waals surface area contributed by atoms with Crippen molar-refractivity contribution >= 4 is 17.5 Å². The molecule has 2 rings (SSSR count). The first kappa shape index (κ1) is 15.5. The predicted molar refractivity (Wildman–Crippen MR) is 82.7 cm³/mol. The number of rotatable bonds is 5. The highest BCUT2D eigenvalue weighted by Gasteiger charge is 2.40. The van der Waals surface area contributed by atoms with Gasteiger partial charge in [0, 0.05) is 25.1 Å². The van der Waals surface area contributed by atoms with E-state index < -0.39 is 5.41 Å². The van der Waals surface area contributed by atoms with Gasteiger partial charge < -0.3 is 16.1 Å². The van der Waals surface area contributed by atoms with Crippen molar-refractivity contribution in [3.8, 4) is 0 Å². The Morgan fingerprint density at radius 3 is 2.71 bits per heavy atom. The minimum absolute atomic E-state index is 0.261. The number of aryl methyl sites for hydroxylation is 1. The predicted octanol–water partition coefficient (Wildman–Crippen LogP) is 0.725. The lowest BCUT2D eigenvalue weighted by molar-refractivity contribution is -0.125. The molecule has 0 aromatic carbocycles. The second-order valence-corrected chi connectivity index (χ2v) is 5.93. The van der Waals surface area contributed by atoms with Crippen LogP contribution in [0.25, 0.3) is 0 Å². The van der Waals surface area contributed by atoms with Crippen LogP contribution in [0.3, 0.4) is 0 Å². The average Bonchev–Trinajstić information content (AvgIpc) is 2.84. The Balaban J connectivity index is 2.35. The lowest BCUT2D eigenvalue weighted by Gasteiger charge is -2.24. The maximum Gasteiger partial charge on any atom is 0.225 e. The molecule has 0 bridgehead atoms. The van der Waals surface area contributed by atoms with Crippen LogP contribution < -0.4 is 21.9 Å². The van der Waals surface area contributed by atoms with Crippen LogP contribution in [-0.4, -0.2) is 29.0 Å². The standard InChI is InChI=1S/C14H24N6O/c1-4-5-10-17-11(19-16)9(2)12(18-10)20-7-6-14(3,8-20)13(15)21/h4-8,16H2,1-3H3,(H2,15,21)(H,17,18,19). The van der Waals surface area contributed by atoms with Gasteiger partial charge in [-0.15, -0.1) is 0 Å². The monoisotopic (exact) mass is 292 g/mol. The number of hydrogen-bond donors (Lipinski definition) is 3. The molecule has 1 aromatic rings. The van der Waals surface area contributed by atoms with Crippen LogP contribution in [0.5, 0.6) is 0 Å². The number of nitrogens with one attached hydrogen (secondary N) is 1. The SMILES string of the molecule is CCCc1nc(NN)c(C)c(N2CCC(C)(C(N)=O)C2)n1. The second-order valence-electron chi connectivity index (χ2n) is 5.93. The zero-order valence-electron chi connectivity index (χ0n) is 12.9. The Hall–Kier alpha value is -1.89. The van der Waals surface area contributed by atoms with E-state index in [1.54, 1.807) is 0 Å². The number of amides is 1. The van der Waals surface area contributed by atoms with Crippen LogP contribution in [0, 0.1) is 12.3 Å². The van der Waals surface area contributed by atoms with E-state index in [0.29, 0.717) is 12.4 Å². The average molecular weight is 292 g/mol. The van der Waals surface area contributed by atoms with Crippen molar-refractivity contribution in [1.82, 2.24) is 9.97 Å². The van der Waals surface area contributed by atoms with E-state index in [1.807, 2.05) is 13.8 Å². The van der Waals surface area contributed by atoms with Crippen LogP contribution in [0.1, 0.15) is 38.1 Å². The Morgan fingerprint density at radius 2 is 2.19 bits per heavy atom. The Labute approximate surface area is 125 Å². The second kappa shape index (κ2) is 5.85. The number of nitrogens with two attached hydrogens (primary N) is 2. The van der Waals surface area contributed by atoms with Crippen LogP contribution >= 0.6 is 0 Å². The maximum atomic E-state index is 11.6. The number of carbonyl (C=O) groups is 1. The smallest absolute Gasteiger partial charge is 0.225 e. The zero-order valence-corrected chi connectivity index (χ0v) is 12.9. The maximum absolute atomic E-state index is 11.6. The number of nitrogens with zero attached hydrogens (tertiary/aromatic N) is 3. The van der Waals surface area contributed by atoms with E-state index in [-0.39, 0.29) is 5.91 Å². The Morgan fingerprint density at radius 1 is 1.48 bits per heavy atom. The molecule has 1 fully saturated rings. The van der Waals surface area contributed by atoms with E-state index in [0.717, 1.165) is 43.0 Å². The minimum Gasteiger partial charge on any atom is -0.369 e. The largest absolute Gasteiger partial charge is 0.369 e. The molecule has 0 spiro atoms. The van der Waals surface area contributed by atoms with E-state index in [2.05, 4.69) is 27.2 Å². The molecule has 1 unspecified atom stereocenters. The molecule has 0 aliphatic carbocycles. The molecule has 21 heavy (non-hydrogen) atoms. The highest BCUT2D eigenvalue weighted by molar-refractivity contribution is 5.82. The highest BCUT2D eigenvalue weighted by atomic mass is 16.1. The third-order valence-electron chi connectivity index (χ3n) is 4.14. The molecule has 1 aliphatic heterocycles. The molecule has 7 nitrogen and oxygen atoms in total. The minimum atomic E-state index is -0.501. The van der Waals surface area contributed by atoms with Crippen LogP contribution in [0.15, 0.2) is 0 Å². The van der Waals surface area contributed by atoms with E-state index >= 15 is 0 Å². The van der Waals surface area contributed by atoms with Gasteiger partial charge in [-0.3, -0.25) is 4.79 Å². The normalized spacial score (nSPS) is 21.6. The summed E-state index contributed by atoms with van der Waals surface area (Å²) >= 11 is 0. The fourth-order valence-electron chi connectivity index (χ4n) is 2.68. The van der Waals surface area contributed by atoms with Crippen molar-refractivity contribution in [2.45, 2.75) is 40.0 Å². The van der Waals surface area contributed by atoms with E-state index in [9.17, 15) is 4.79 Å². The van der Waals surface area contributed by atoms with Crippen molar-refractivity contribution in [1.29, 1.82) is 0 Å². The van der Waals surface area contributed by atoms with Gasteiger partial charge in [0.15, 0.2) is 0 Å². The molecule has 1 aliphatic rings. The van der Waals surface area contributed by atoms with Gasteiger partial charge in [-0.05, 0) is 26.7 Å². The van der Waals surface area contributed by atoms with Crippen molar-refractivity contribution in [2.24, 2.45) is 17.0 Å². The van der Waals surface area contributed by atoms with Gasteiger partial charge in [0.2, 0.25) is 5.91 Å². The van der Waals surface area contributed by atoms with Crippen molar-refractivity contribution in [2.75, 3.05) is 23.4 Å². The molecule has 116 valence electrons. The molecule has 1 atom stereocenters. The number of hydrogen-bond acceptors (Lipinski definition) is 6. The van der Waals surface area contributed by atoms with E-state index in [4.69, 9.17) is 11.6 Å². The summed E-state index contributed by atoms with van der Waals surface area (Å²) in [5.41, 5.74) is 8.54. The van der Waals surface area contributed by atoms with Crippen molar-refractivity contribution in [3.05, 3.63) is 11.4 Å². The molecule has 7 heteroatoms. The fourth-order valence-corrected chi connectivity index (χ4v) is 2.68. The molecule has 2 heterocycles. The number of hydrazine groups is 1. The van der Waals surface area contributed by atoms with Crippen LogP contribution in [0.4, 0.5) is 11.6 Å². The summed E-state index contributed by atoms with van der Waals surface area (Å²) in [6.07, 6.45) is 2.49. The summed E-state index contributed by atoms with van der Waals surface area (Å²) in [4.78, 5) is 22.8. The summed E-state index contributed by atoms with van der Waals surface area (Å²) in [6, 6.07) is 0. The molecule has 5 N–H and O–H groups in total. The molecule has 1 aromatic heterocycles. The summed E-state index contributed by atoms with van der Waals surface area (Å²) in [6.45, 7) is 7.25. The quantitative estimate of drug-likeness (QED) is 0.545. The molecule has 0 radical (unpaired) electrons. The van der Waals surface area contributed by atoms with Gasteiger partial charge in [-0.25, -0.2) is 15.8 Å². The molecule has 0 saturated carbocycles. The van der Waals surface area contributed by atoms with Crippen LogP contribution in [-0.2, 0) is 11.2 Å². The molecule has 1 saturated heterocycles. The molecule has 1 amide bonds. The fraction of sp³-hybridized carbons (Fsp3) is 0.643. The lowest BCUT2D eigenvalue weighted by atomic mass is 9.89. The van der Waals surface area contributed by atoms with Gasteiger partial charge >= 0.3 is 0 Å². The first-order valence-corrected chi connectivity index (χ1v) is 7.30. The van der Waals surface area contributed by atoms with Gasteiger partial charge in [0.1, 0.15) is 17.5 Å². The van der Waals surface area contributed by atoms with Crippen molar-refractivity contribution in [3.63, 3.8) is 0 Å². The number of primary amides is 1. The summed E-state index contributed by atoms with van der Waals surface area (Å²) in [5, 5.41) is 0. The van der Waals surface area contributed by atoms with Crippen LogP contribution in [0.2, 0.25) is 0 Å². The summed E-state index contributed by atoms with van der Waals surface area (Å²) in [7, 11) is 0. The number of nitrogen functional groups attached to an aromatic ring is 1. The molecular formula is C14H24N6O. The number of aromatic nitrogens is 2. The van der Waals surface area contributed by atoms with Gasteiger partial charge in [-0.1, -0.05) is 6.92 Å². The first-order valence-electron chi connectivity index (χ1n) is 7.30. The Bertz CT molecular complexity index is 547.